The van der Waals surface area contributed by atoms with Gasteiger partial charge in [-0.15, -0.1) is 10.2 Å². The van der Waals surface area contributed by atoms with Crippen LogP contribution in [0.1, 0.15) is 30.0 Å². The van der Waals surface area contributed by atoms with E-state index in [1.54, 1.807) is 0 Å². The van der Waals surface area contributed by atoms with Gasteiger partial charge in [0.25, 0.3) is 5.91 Å². The highest BCUT2D eigenvalue weighted by molar-refractivity contribution is 6.05. The van der Waals surface area contributed by atoms with E-state index in [0.29, 0.717) is 4.57 Å². The molecule has 2 rings (SSSR count). The summed E-state index contributed by atoms with van der Waals surface area (Å²) in [4.78, 5) is 23.3. The van der Waals surface area contributed by atoms with Crippen molar-refractivity contribution in [2.75, 3.05) is 5.32 Å². The number of anilines is 1. The van der Waals surface area contributed by atoms with Crippen LogP contribution in [-0.4, -0.2) is 26.6 Å². The van der Waals surface area contributed by atoms with E-state index in [2.05, 4.69) is 20.3 Å². The van der Waals surface area contributed by atoms with E-state index in [9.17, 15) is 27.2 Å². The summed E-state index contributed by atoms with van der Waals surface area (Å²) in [5.74, 6) is -5.24. The second-order valence-electron chi connectivity index (χ2n) is 4.75. The van der Waals surface area contributed by atoms with Crippen LogP contribution in [0.15, 0.2) is 18.2 Å². The highest BCUT2D eigenvalue weighted by Gasteiger charge is 2.38. The summed E-state index contributed by atoms with van der Waals surface area (Å²) in [6.07, 6.45) is -4.76. The summed E-state index contributed by atoms with van der Waals surface area (Å²) in [7, 11) is 0. The SMILES string of the molecule is CCn1c(NC(=O)c2cccc(F)c2OC(C)=O)nnc1C(F)(F)F. The summed E-state index contributed by atoms with van der Waals surface area (Å²) in [5.41, 5.74) is -0.380. The van der Waals surface area contributed by atoms with Gasteiger partial charge in [0.05, 0.1) is 5.56 Å². The number of aromatic nitrogens is 3. The third-order valence-electron chi connectivity index (χ3n) is 3.00. The molecule has 0 saturated carbocycles. The summed E-state index contributed by atoms with van der Waals surface area (Å²) in [6, 6.07) is 3.29. The fourth-order valence-corrected chi connectivity index (χ4v) is 2.01. The number of benzene rings is 1. The number of nitrogens with zero attached hydrogens (tertiary/aromatic N) is 3. The maximum absolute atomic E-state index is 13.8. The number of carbonyl (C=O) groups excluding carboxylic acids is 2. The minimum atomic E-state index is -4.76. The number of ether oxygens (including phenoxy) is 1. The van der Waals surface area contributed by atoms with Gasteiger partial charge in [0, 0.05) is 13.5 Å². The monoisotopic (exact) mass is 360 g/mol. The quantitative estimate of drug-likeness (QED) is 0.515. The molecular weight excluding hydrogens is 348 g/mol. The fourth-order valence-electron chi connectivity index (χ4n) is 2.01. The van der Waals surface area contributed by atoms with Gasteiger partial charge in [-0.2, -0.15) is 13.2 Å². The predicted octanol–water partition coefficient (Wildman–Crippen LogP) is 2.63. The lowest BCUT2D eigenvalue weighted by atomic mass is 10.2. The molecule has 0 aliphatic heterocycles. The third kappa shape index (κ3) is 3.92. The average molecular weight is 360 g/mol. The van der Waals surface area contributed by atoms with Gasteiger partial charge in [0.15, 0.2) is 11.6 Å². The predicted molar refractivity (Wildman–Crippen MR) is 76.4 cm³/mol. The standard InChI is InChI=1S/C14H12F4N4O3/c1-3-22-12(14(16,17)18)20-21-13(22)19-11(24)8-5-4-6-9(15)10(8)25-7(2)23/h4-6H,3H2,1-2H3,(H,19,21,24). The first-order chi connectivity index (χ1) is 11.6. The van der Waals surface area contributed by atoms with Crippen LogP contribution in [-0.2, 0) is 17.5 Å². The van der Waals surface area contributed by atoms with Crippen LogP contribution >= 0.6 is 0 Å². The lowest BCUT2D eigenvalue weighted by Crippen LogP contribution is -2.20. The maximum Gasteiger partial charge on any atom is 0.451 e. The van der Waals surface area contributed by atoms with Crippen molar-refractivity contribution in [1.29, 1.82) is 0 Å². The Kier molecular flexibility index (Phi) is 5.04. The topological polar surface area (TPSA) is 86.1 Å². The van der Waals surface area contributed by atoms with Crippen molar-refractivity contribution in [2.24, 2.45) is 0 Å². The van der Waals surface area contributed by atoms with Gasteiger partial charge >= 0.3 is 12.1 Å². The Morgan fingerprint density at radius 2 is 1.96 bits per heavy atom. The second-order valence-corrected chi connectivity index (χ2v) is 4.75. The molecular formula is C14H12F4N4O3. The Balaban J connectivity index is 2.37. The number of halogens is 4. The number of hydrogen-bond donors (Lipinski definition) is 1. The van der Waals surface area contributed by atoms with Crippen molar-refractivity contribution >= 4 is 17.8 Å². The van der Waals surface area contributed by atoms with E-state index in [4.69, 9.17) is 0 Å². The lowest BCUT2D eigenvalue weighted by Gasteiger charge is -2.12. The van der Waals surface area contributed by atoms with Crippen LogP contribution in [0.4, 0.5) is 23.5 Å². The van der Waals surface area contributed by atoms with E-state index in [1.165, 1.54) is 13.0 Å². The van der Waals surface area contributed by atoms with Crippen molar-refractivity contribution in [2.45, 2.75) is 26.6 Å². The van der Waals surface area contributed by atoms with Crippen molar-refractivity contribution < 1.29 is 31.9 Å². The molecule has 0 saturated heterocycles. The molecule has 1 aromatic heterocycles. The van der Waals surface area contributed by atoms with E-state index < -0.39 is 41.4 Å². The molecule has 1 heterocycles. The first-order valence-corrected chi connectivity index (χ1v) is 6.93. The summed E-state index contributed by atoms with van der Waals surface area (Å²) < 4.78 is 57.6. The Bertz CT molecular complexity index is 817. The number of hydrogen-bond acceptors (Lipinski definition) is 5. The first-order valence-electron chi connectivity index (χ1n) is 6.93. The maximum atomic E-state index is 13.8. The number of esters is 1. The molecule has 134 valence electrons. The summed E-state index contributed by atoms with van der Waals surface area (Å²) >= 11 is 0. The van der Waals surface area contributed by atoms with Crippen molar-refractivity contribution in [3.63, 3.8) is 0 Å². The highest BCUT2D eigenvalue weighted by atomic mass is 19.4. The van der Waals surface area contributed by atoms with Crippen molar-refractivity contribution in [1.82, 2.24) is 14.8 Å². The third-order valence-corrected chi connectivity index (χ3v) is 3.00. The zero-order valence-corrected chi connectivity index (χ0v) is 13.0. The molecule has 1 N–H and O–H groups in total. The molecule has 0 unspecified atom stereocenters. The largest absolute Gasteiger partial charge is 0.451 e. The Morgan fingerprint density at radius 3 is 2.52 bits per heavy atom. The van der Waals surface area contributed by atoms with E-state index in [-0.39, 0.29) is 12.1 Å². The minimum Gasteiger partial charge on any atom is -0.423 e. The van der Waals surface area contributed by atoms with Gasteiger partial charge in [-0.1, -0.05) is 6.07 Å². The van der Waals surface area contributed by atoms with Crippen LogP contribution in [0, 0.1) is 5.82 Å². The Labute approximate surface area is 138 Å². The zero-order chi connectivity index (χ0) is 18.8. The molecule has 7 nitrogen and oxygen atoms in total. The first kappa shape index (κ1) is 18.4. The van der Waals surface area contributed by atoms with Gasteiger partial charge < -0.3 is 4.74 Å². The van der Waals surface area contributed by atoms with Crippen LogP contribution < -0.4 is 10.1 Å². The molecule has 0 aliphatic carbocycles. The number of carbonyl (C=O) groups is 2. The number of amides is 1. The minimum absolute atomic E-state index is 0.169. The lowest BCUT2D eigenvalue weighted by molar-refractivity contribution is -0.147. The number of rotatable bonds is 4. The molecule has 0 atom stereocenters. The normalized spacial score (nSPS) is 11.3. The molecule has 2 aromatic rings. The molecule has 25 heavy (non-hydrogen) atoms. The fraction of sp³-hybridized carbons (Fsp3) is 0.286. The Morgan fingerprint density at radius 1 is 1.28 bits per heavy atom. The van der Waals surface area contributed by atoms with Gasteiger partial charge in [-0.05, 0) is 19.1 Å². The molecule has 1 amide bonds. The smallest absolute Gasteiger partial charge is 0.423 e. The van der Waals surface area contributed by atoms with Crippen LogP contribution in [0.2, 0.25) is 0 Å². The molecule has 1 aromatic carbocycles. The van der Waals surface area contributed by atoms with Gasteiger partial charge in [-0.3, -0.25) is 19.5 Å². The molecule has 0 bridgehead atoms. The second kappa shape index (κ2) is 6.87. The molecule has 0 spiro atoms. The number of nitrogens with one attached hydrogen (secondary N) is 1. The van der Waals surface area contributed by atoms with Gasteiger partial charge in [0.1, 0.15) is 0 Å². The number of alkyl halides is 3. The van der Waals surface area contributed by atoms with E-state index in [0.717, 1.165) is 19.1 Å². The highest BCUT2D eigenvalue weighted by Crippen LogP contribution is 2.30. The van der Waals surface area contributed by atoms with Crippen LogP contribution in [0.3, 0.4) is 0 Å². The zero-order valence-electron chi connectivity index (χ0n) is 13.0. The number of para-hydroxylation sites is 1. The molecule has 0 fully saturated rings. The molecule has 11 heteroatoms. The van der Waals surface area contributed by atoms with Crippen LogP contribution in [0.25, 0.3) is 0 Å². The van der Waals surface area contributed by atoms with Gasteiger partial charge in [-0.25, -0.2) is 4.39 Å². The molecule has 0 aliphatic rings. The molecule has 0 radical (unpaired) electrons. The average Bonchev–Trinajstić information content (AvgIpc) is 2.91. The van der Waals surface area contributed by atoms with Crippen molar-refractivity contribution in [3.8, 4) is 5.75 Å². The summed E-state index contributed by atoms with van der Waals surface area (Å²) in [6.45, 7) is 2.25. The van der Waals surface area contributed by atoms with E-state index in [1.807, 2.05) is 0 Å². The van der Waals surface area contributed by atoms with Crippen molar-refractivity contribution in [3.05, 3.63) is 35.4 Å². The van der Waals surface area contributed by atoms with E-state index >= 15 is 0 Å². The van der Waals surface area contributed by atoms with Gasteiger partial charge in [0.2, 0.25) is 11.8 Å². The summed E-state index contributed by atoms with van der Waals surface area (Å²) in [5, 5.41) is 8.40. The Hall–Kier alpha value is -2.98. The van der Waals surface area contributed by atoms with Crippen LogP contribution in [0.5, 0.6) is 5.75 Å².